The van der Waals surface area contributed by atoms with Gasteiger partial charge in [0.1, 0.15) is 11.6 Å². The molecule has 1 fully saturated rings. The van der Waals surface area contributed by atoms with E-state index in [-0.39, 0.29) is 6.10 Å². The summed E-state index contributed by atoms with van der Waals surface area (Å²) in [5.41, 5.74) is 2.66. The summed E-state index contributed by atoms with van der Waals surface area (Å²) in [5, 5.41) is 18.3. The van der Waals surface area contributed by atoms with Gasteiger partial charge in [0.25, 0.3) is 0 Å². The summed E-state index contributed by atoms with van der Waals surface area (Å²) < 4.78 is 5.71. The van der Waals surface area contributed by atoms with Crippen LogP contribution in [0.3, 0.4) is 0 Å². The molecular weight excluding hydrogens is 264 g/mol. The highest BCUT2D eigenvalue weighted by Gasteiger charge is 2.23. The molecule has 0 amide bonds. The minimum atomic E-state index is 0.245. The van der Waals surface area contributed by atoms with E-state index in [0.717, 1.165) is 56.6 Å². The quantitative estimate of drug-likeness (QED) is 0.804. The summed E-state index contributed by atoms with van der Waals surface area (Å²) in [6.07, 6.45) is 4.07. The van der Waals surface area contributed by atoms with Crippen molar-refractivity contribution in [2.24, 2.45) is 0 Å². The molecule has 2 rings (SSSR count). The summed E-state index contributed by atoms with van der Waals surface area (Å²) >= 11 is 0. The summed E-state index contributed by atoms with van der Waals surface area (Å²) in [5.74, 6) is 0.713. The maximum absolute atomic E-state index is 9.58. The Balaban J connectivity index is 2.33. The van der Waals surface area contributed by atoms with Gasteiger partial charge >= 0.3 is 0 Å². The molecule has 1 aromatic heterocycles. The normalized spacial score (nSPS) is 17.7. The minimum Gasteiger partial charge on any atom is -0.376 e. The van der Waals surface area contributed by atoms with E-state index in [1.807, 2.05) is 6.92 Å². The number of anilines is 1. The van der Waals surface area contributed by atoms with E-state index >= 15 is 0 Å². The molecule has 0 aliphatic carbocycles. The van der Waals surface area contributed by atoms with Crippen molar-refractivity contribution in [2.45, 2.75) is 52.6 Å². The van der Waals surface area contributed by atoms with Crippen molar-refractivity contribution in [2.75, 3.05) is 24.6 Å². The van der Waals surface area contributed by atoms with Crippen LogP contribution in [-0.4, -0.2) is 36.0 Å². The number of nitrogens with zero attached hydrogens (tertiary/aromatic N) is 4. The smallest absolute Gasteiger partial charge is 0.169 e. The van der Waals surface area contributed by atoms with Crippen LogP contribution < -0.4 is 4.90 Å². The lowest BCUT2D eigenvalue weighted by Crippen LogP contribution is -2.33. The zero-order chi connectivity index (χ0) is 15.2. The number of nitriles is 1. The van der Waals surface area contributed by atoms with Crippen LogP contribution in [0, 0.1) is 11.3 Å². The molecule has 1 unspecified atom stereocenters. The zero-order valence-corrected chi connectivity index (χ0v) is 13.2. The van der Waals surface area contributed by atoms with Crippen LogP contribution in [0.4, 0.5) is 5.82 Å². The van der Waals surface area contributed by atoms with Gasteiger partial charge in [-0.2, -0.15) is 10.4 Å². The largest absolute Gasteiger partial charge is 0.376 e. The molecule has 2 heterocycles. The molecule has 5 nitrogen and oxygen atoms in total. The number of hydrogen-bond donors (Lipinski definition) is 0. The van der Waals surface area contributed by atoms with Crippen LogP contribution in [0.2, 0.25) is 0 Å². The first-order chi connectivity index (χ1) is 10.2. The second-order valence-electron chi connectivity index (χ2n) is 5.32. The summed E-state index contributed by atoms with van der Waals surface area (Å²) in [7, 11) is 0. The fourth-order valence-electron chi connectivity index (χ4n) is 2.90. The highest BCUT2D eigenvalue weighted by molar-refractivity contribution is 5.58. The van der Waals surface area contributed by atoms with Crippen molar-refractivity contribution >= 4 is 5.82 Å². The predicted molar refractivity (Wildman–Crippen MR) is 82.4 cm³/mol. The number of likely N-dealkylation sites (N-methyl/N-ethyl adjacent to an activating group) is 1. The molecule has 1 aliphatic rings. The maximum atomic E-state index is 9.58. The number of aryl methyl sites for hydroxylation is 1. The van der Waals surface area contributed by atoms with E-state index in [9.17, 15) is 5.26 Å². The van der Waals surface area contributed by atoms with Gasteiger partial charge < -0.3 is 9.64 Å². The van der Waals surface area contributed by atoms with Gasteiger partial charge in [-0.15, -0.1) is 5.10 Å². The topological polar surface area (TPSA) is 62.0 Å². The molecule has 114 valence electrons. The van der Waals surface area contributed by atoms with Crippen molar-refractivity contribution in [3.8, 4) is 6.07 Å². The highest BCUT2D eigenvalue weighted by Crippen LogP contribution is 2.24. The van der Waals surface area contributed by atoms with Gasteiger partial charge in [0.15, 0.2) is 5.82 Å². The van der Waals surface area contributed by atoms with Crippen LogP contribution in [0.15, 0.2) is 0 Å². The van der Waals surface area contributed by atoms with Gasteiger partial charge in [0.2, 0.25) is 0 Å². The van der Waals surface area contributed by atoms with E-state index in [1.54, 1.807) is 0 Å². The lowest BCUT2D eigenvalue weighted by Gasteiger charge is -2.26. The van der Waals surface area contributed by atoms with Crippen molar-refractivity contribution in [1.29, 1.82) is 5.26 Å². The fourth-order valence-corrected chi connectivity index (χ4v) is 2.90. The van der Waals surface area contributed by atoms with Crippen molar-refractivity contribution in [1.82, 2.24) is 10.2 Å². The van der Waals surface area contributed by atoms with E-state index in [4.69, 9.17) is 4.74 Å². The molecule has 1 aliphatic heterocycles. The van der Waals surface area contributed by atoms with Gasteiger partial charge in [0.05, 0.1) is 11.8 Å². The van der Waals surface area contributed by atoms with Gasteiger partial charge in [-0.3, -0.25) is 0 Å². The van der Waals surface area contributed by atoms with Crippen LogP contribution in [0.1, 0.15) is 50.4 Å². The van der Waals surface area contributed by atoms with Crippen LogP contribution >= 0.6 is 0 Å². The second-order valence-corrected chi connectivity index (χ2v) is 5.32. The standard InChI is InChI=1S/C16H24N4O/c1-4-13-14(10-17)16(19-18-15(13)5-2)20(6-3)11-12-8-7-9-21-12/h12H,4-9,11H2,1-3H3. The van der Waals surface area contributed by atoms with E-state index in [0.29, 0.717) is 11.4 Å². The molecule has 0 bridgehead atoms. The number of rotatable bonds is 6. The molecule has 0 radical (unpaired) electrons. The molecule has 1 atom stereocenters. The van der Waals surface area contributed by atoms with Crippen LogP contribution in [0.25, 0.3) is 0 Å². The third-order valence-electron chi connectivity index (χ3n) is 4.07. The third kappa shape index (κ3) is 3.33. The Bertz CT molecular complexity index is 518. The van der Waals surface area contributed by atoms with E-state index in [1.165, 1.54) is 0 Å². The van der Waals surface area contributed by atoms with Gasteiger partial charge in [0, 0.05) is 19.7 Å². The molecule has 1 aromatic rings. The summed E-state index contributed by atoms with van der Waals surface area (Å²) in [6, 6.07) is 2.34. The SMILES string of the molecule is CCc1nnc(N(CC)CC2CCCO2)c(C#N)c1CC. The van der Waals surface area contributed by atoms with Crippen molar-refractivity contribution < 1.29 is 4.74 Å². The first-order valence-electron chi connectivity index (χ1n) is 7.90. The molecule has 21 heavy (non-hydrogen) atoms. The lowest BCUT2D eigenvalue weighted by molar-refractivity contribution is 0.115. The van der Waals surface area contributed by atoms with Crippen LogP contribution in [-0.2, 0) is 17.6 Å². The molecule has 1 saturated heterocycles. The summed E-state index contributed by atoms with van der Waals surface area (Å²) in [4.78, 5) is 2.13. The maximum Gasteiger partial charge on any atom is 0.169 e. The Kier molecular flexibility index (Phi) is 5.51. The Labute approximate surface area is 126 Å². The Morgan fingerprint density at radius 3 is 2.62 bits per heavy atom. The average molecular weight is 288 g/mol. The molecular formula is C16H24N4O. The van der Waals surface area contributed by atoms with Crippen molar-refractivity contribution in [3.63, 3.8) is 0 Å². The van der Waals surface area contributed by atoms with E-state index in [2.05, 4.69) is 35.0 Å². The average Bonchev–Trinajstić information content (AvgIpc) is 3.04. The molecule has 0 aromatic carbocycles. The molecule has 0 N–H and O–H groups in total. The number of ether oxygens (including phenoxy) is 1. The molecule has 0 saturated carbocycles. The lowest BCUT2D eigenvalue weighted by atomic mass is 10.0. The fraction of sp³-hybridized carbons (Fsp3) is 0.688. The molecule has 5 heteroatoms. The monoisotopic (exact) mass is 288 g/mol. The van der Waals surface area contributed by atoms with Crippen molar-refractivity contribution in [3.05, 3.63) is 16.8 Å². The minimum absolute atomic E-state index is 0.245. The second kappa shape index (κ2) is 7.37. The van der Waals surface area contributed by atoms with E-state index < -0.39 is 0 Å². The predicted octanol–water partition coefficient (Wildman–Crippen LogP) is 2.48. The third-order valence-corrected chi connectivity index (χ3v) is 4.07. The first kappa shape index (κ1) is 15.7. The molecule has 0 spiro atoms. The zero-order valence-electron chi connectivity index (χ0n) is 13.2. The number of aromatic nitrogens is 2. The Morgan fingerprint density at radius 1 is 1.29 bits per heavy atom. The highest BCUT2D eigenvalue weighted by atomic mass is 16.5. The first-order valence-corrected chi connectivity index (χ1v) is 7.90. The summed E-state index contributed by atoms with van der Waals surface area (Å²) in [6.45, 7) is 8.63. The Morgan fingerprint density at radius 2 is 2.10 bits per heavy atom. The van der Waals surface area contributed by atoms with Crippen LogP contribution in [0.5, 0.6) is 0 Å². The Hall–Kier alpha value is -1.67. The van der Waals surface area contributed by atoms with Gasteiger partial charge in [-0.25, -0.2) is 0 Å². The van der Waals surface area contributed by atoms with Gasteiger partial charge in [-0.05, 0) is 38.2 Å². The van der Waals surface area contributed by atoms with Gasteiger partial charge in [-0.1, -0.05) is 13.8 Å². The number of hydrogen-bond acceptors (Lipinski definition) is 5.